The number of nitrogens with one attached hydrogen (secondary N) is 2. The van der Waals surface area contributed by atoms with Crippen LogP contribution in [0.4, 0.5) is 0 Å². The SMILES string of the molecule is O=C(NCc1ccn[nH]1)c1c(O)cccc1O. The molecule has 1 aromatic carbocycles. The molecule has 0 spiro atoms. The number of hydrogen-bond acceptors (Lipinski definition) is 4. The largest absolute Gasteiger partial charge is 0.507 e. The third-order valence-electron chi connectivity index (χ3n) is 2.25. The summed E-state index contributed by atoms with van der Waals surface area (Å²) in [5, 5.41) is 27.9. The fraction of sp³-hybridized carbons (Fsp3) is 0.0909. The lowest BCUT2D eigenvalue weighted by Crippen LogP contribution is -2.23. The molecule has 0 radical (unpaired) electrons. The molecule has 0 aliphatic carbocycles. The van der Waals surface area contributed by atoms with Crippen LogP contribution >= 0.6 is 0 Å². The maximum atomic E-state index is 11.7. The van der Waals surface area contributed by atoms with E-state index in [1.54, 1.807) is 12.3 Å². The number of aromatic hydroxyl groups is 2. The zero-order valence-electron chi connectivity index (χ0n) is 8.84. The van der Waals surface area contributed by atoms with Crippen molar-refractivity contribution in [3.63, 3.8) is 0 Å². The monoisotopic (exact) mass is 233 g/mol. The summed E-state index contributed by atoms with van der Waals surface area (Å²) < 4.78 is 0. The van der Waals surface area contributed by atoms with E-state index in [4.69, 9.17) is 0 Å². The van der Waals surface area contributed by atoms with Crippen LogP contribution in [0.3, 0.4) is 0 Å². The molecule has 6 heteroatoms. The third-order valence-corrected chi connectivity index (χ3v) is 2.25. The predicted molar refractivity (Wildman–Crippen MR) is 59.5 cm³/mol. The van der Waals surface area contributed by atoms with Crippen LogP contribution in [0.25, 0.3) is 0 Å². The highest BCUT2D eigenvalue weighted by Gasteiger charge is 2.15. The number of rotatable bonds is 3. The molecule has 4 N–H and O–H groups in total. The summed E-state index contributed by atoms with van der Waals surface area (Å²) in [5.41, 5.74) is 0.597. The minimum atomic E-state index is -0.546. The highest BCUT2D eigenvalue weighted by atomic mass is 16.3. The Hall–Kier alpha value is -2.50. The molecule has 2 rings (SSSR count). The number of carbonyl (C=O) groups is 1. The summed E-state index contributed by atoms with van der Waals surface area (Å²) in [4.78, 5) is 11.7. The first-order valence-electron chi connectivity index (χ1n) is 4.96. The van der Waals surface area contributed by atoms with Gasteiger partial charge in [0.1, 0.15) is 17.1 Å². The van der Waals surface area contributed by atoms with Crippen LogP contribution in [-0.2, 0) is 6.54 Å². The Labute approximate surface area is 96.9 Å². The first kappa shape index (κ1) is 11.0. The van der Waals surface area contributed by atoms with Gasteiger partial charge in [-0.25, -0.2) is 0 Å². The van der Waals surface area contributed by atoms with Crippen molar-refractivity contribution in [2.24, 2.45) is 0 Å². The fourth-order valence-electron chi connectivity index (χ4n) is 1.41. The van der Waals surface area contributed by atoms with Crippen molar-refractivity contribution >= 4 is 5.91 Å². The van der Waals surface area contributed by atoms with E-state index in [1.807, 2.05) is 0 Å². The van der Waals surface area contributed by atoms with Gasteiger partial charge < -0.3 is 15.5 Å². The lowest BCUT2D eigenvalue weighted by atomic mass is 10.1. The van der Waals surface area contributed by atoms with Crippen LogP contribution in [0.5, 0.6) is 11.5 Å². The van der Waals surface area contributed by atoms with E-state index in [1.165, 1.54) is 18.2 Å². The standard InChI is InChI=1S/C11H11N3O3/c15-8-2-1-3-9(16)10(8)11(17)12-6-7-4-5-13-14-7/h1-5,15-16H,6H2,(H,12,17)(H,13,14). The van der Waals surface area contributed by atoms with Gasteiger partial charge in [-0.15, -0.1) is 0 Å². The molecule has 0 aliphatic rings. The second-order valence-corrected chi connectivity index (χ2v) is 3.44. The summed E-state index contributed by atoms with van der Waals surface area (Å²) in [7, 11) is 0. The van der Waals surface area contributed by atoms with Crippen molar-refractivity contribution in [1.82, 2.24) is 15.5 Å². The summed E-state index contributed by atoms with van der Waals surface area (Å²) in [6.07, 6.45) is 1.57. The quantitative estimate of drug-likeness (QED) is 0.628. The third kappa shape index (κ3) is 2.36. The van der Waals surface area contributed by atoms with E-state index in [0.29, 0.717) is 0 Å². The lowest BCUT2D eigenvalue weighted by Gasteiger charge is -2.07. The van der Waals surface area contributed by atoms with Crippen molar-refractivity contribution in [3.05, 3.63) is 41.7 Å². The molecule has 0 fully saturated rings. The molecular weight excluding hydrogens is 222 g/mol. The first-order valence-corrected chi connectivity index (χ1v) is 4.96. The minimum absolute atomic E-state index is 0.132. The van der Waals surface area contributed by atoms with E-state index in [0.717, 1.165) is 5.69 Å². The Morgan fingerprint density at radius 1 is 1.29 bits per heavy atom. The van der Waals surface area contributed by atoms with Crippen LogP contribution in [0, 0.1) is 0 Å². The second-order valence-electron chi connectivity index (χ2n) is 3.44. The van der Waals surface area contributed by atoms with Gasteiger partial charge in [0.25, 0.3) is 5.91 Å². The van der Waals surface area contributed by atoms with Crippen molar-refractivity contribution in [2.75, 3.05) is 0 Å². The summed E-state index contributed by atoms with van der Waals surface area (Å²) >= 11 is 0. The maximum Gasteiger partial charge on any atom is 0.259 e. The van der Waals surface area contributed by atoms with Gasteiger partial charge in [0.05, 0.1) is 12.2 Å². The number of nitrogens with zero attached hydrogens (tertiary/aromatic N) is 1. The van der Waals surface area contributed by atoms with Crippen molar-refractivity contribution in [3.8, 4) is 11.5 Å². The number of hydrogen-bond donors (Lipinski definition) is 4. The lowest BCUT2D eigenvalue weighted by molar-refractivity contribution is 0.0945. The van der Waals surface area contributed by atoms with Crippen molar-refractivity contribution < 1.29 is 15.0 Å². The number of carbonyl (C=O) groups excluding carboxylic acids is 1. The van der Waals surface area contributed by atoms with Crippen LogP contribution < -0.4 is 5.32 Å². The van der Waals surface area contributed by atoms with Crippen molar-refractivity contribution in [1.29, 1.82) is 0 Å². The number of H-pyrrole nitrogens is 1. The Morgan fingerprint density at radius 3 is 2.59 bits per heavy atom. The van der Waals surface area contributed by atoms with Gasteiger partial charge in [0.2, 0.25) is 0 Å². The molecular formula is C11H11N3O3. The molecule has 0 saturated heterocycles. The van der Waals surface area contributed by atoms with Crippen LogP contribution in [0.1, 0.15) is 16.1 Å². The Kier molecular flexibility index (Phi) is 2.95. The molecule has 0 atom stereocenters. The molecule has 0 saturated carbocycles. The first-order chi connectivity index (χ1) is 8.18. The molecule has 6 nitrogen and oxygen atoms in total. The van der Waals surface area contributed by atoms with Gasteiger partial charge >= 0.3 is 0 Å². The topological polar surface area (TPSA) is 98.2 Å². The summed E-state index contributed by atoms with van der Waals surface area (Å²) in [6, 6.07) is 5.84. The van der Waals surface area contributed by atoms with Gasteiger partial charge in [-0.2, -0.15) is 5.10 Å². The second kappa shape index (κ2) is 4.56. The zero-order valence-corrected chi connectivity index (χ0v) is 8.84. The summed E-state index contributed by atoms with van der Waals surface area (Å²) in [5.74, 6) is -1.06. The molecule has 1 aromatic heterocycles. The Morgan fingerprint density at radius 2 is 2.00 bits per heavy atom. The molecule has 88 valence electrons. The van der Waals surface area contributed by atoms with Crippen LogP contribution in [0.2, 0.25) is 0 Å². The van der Waals surface area contributed by atoms with E-state index in [9.17, 15) is 15.0 Å². The molecule has 0 unspecified atom stereocenters. The smallest absolute Gasteiger partial charge is 0.259 e. The molecule has 0 bridgehead atoms. The van der Waals surface area contributed by atoms with Gasteiger partial charge in [-0.05, 0) is 18.2 Å². The highest BCUT2D eigenvalue weighted by molar-refractivity contribution is 5.99. The van der Waals surface area contributed by atoms with Crippen LogP contribution in [-0.4, -0.2) is 26.3 Å². The number of phenols is 2. The number of amides is 1. The molecule has 2 aromatic rings. The van der Waals surface area contributed by atoms with E-state index in [-0.39, 0.29) is 23.6 Å². The van der Waals surface area contributed by atoms with E-state index in [2.05, 4.69) is 15.5 Å². The average Bonchev–Trinajstić information content (AvgIpc) is 2.79. The maximum absolute atomic E-state index is 11.7. The number of aromatic nitrogens is 2. The molecule has 17 heavy (non-hydrogen) atoms. The van der Waals surface area contributed by atoms with Gasteiger partial charge in [-0.1, -0.05) is 6.07 Å². The van der Waals surface area contributed by atoms with Crippen LogP contribution in [0.15, 0.2) is 30.5 Å². The van der Waals surface area contributed by atoms with Gasteiger partial charge in [0.15, 0.2) is 0 Å². The highest BCUT2D eigenvalue weighted by Crippen LogP contribution is 2.25. The predicted octanol–water partition coefficient (Wildman–Crippen LogP) is 0.751. The molecule has 0 aliphatic heterocycles. The Bertz CT molecular complexity index is 503. The number of aromatic amines is 1. The number of phenolic OH excluding ortho intramolecular Hbond substituents is 2. The molecule has 1 heterocycles. The number of benzene rings is 1. The normalized spacial score (nSPS) is 10.1. The van der Waals surface area contributed by atoms with E-state index >= 15 is 0 Å². The molecule has 1 amide bonds. The van der Waals surface area contributed by atoms with Gasteiger partial charge in [0, 0.05) is 6.20 Å². The average molecular weight is 233 g/mol. The van der Waals surface area contributed by atoms with E-state index < -0.39 is 5.91 Å². The fourth-order valence-corrected chi connectivity index (χ4v) is 1.41. The van der Waals surface area contributed by atoms with Gasteiger partial charge in [-0.3, -0.25) is 9.89 Å². The minimum Gasteiger partial charge on any atom is -0.507 e. The Balaban J connectivity index is 2.10. The van der Waals surface area contributed by atoms with Crippen molar-refractivity contribution in [2.45, 2.75) is 6.54 Å². The zero-order chi connectivity index (χ0) is 12.3. The summed E-state index contributed by atoms with van der Waals surface area (Å²) in [6.45, 7) is 0.243.